The molecular weight excluding hydrogens is 665 g/mol. The van der Waals surface area contributed by atoms with Gasteiger partial charge in [0.05, 0.1) is 32.5 Å². The molecule has 3 unspecified atom stereocenters. The monoisotopic (exact) mass is 690 g/mol. The number of rotatable bonds is 12. The van der Waals surface area contributed by atoms with Crippen LogP contribution in [0.15, 0.2) is 30.3 Å². The number of aliphatic hydroxyl groups excluding tert-OH is 3. The Morgan fingerprint density at radius 1 is 0.925 bits per heavy atom. The molecule has 40 heavy (non-hydrogen) atoms. The standard InChI is InChI=1S/C22H28Cl6N2O10/c23-21(24,25)10-38-19(34)29-13(8-36-7-12-4-2-1-3-5-12)9-37-18-15(17(33)16(32)14(6-31)40-18)30-20(35)39-11-22(26,27)28/h1-5,13-18,31-33H,6-11H2,(H,29,34)(H,30,35)/t13?,14?,15?,16-,17+,18+/m0/s1. The van der Waals surface area contributed by atoms with Crippen LogP contribution in [-0.4, -0.2) is 105 Å². The van der Waals surface area contributed by atoms with Crippen molar-refractivity contribution in [2.45, 2.75) is 50.9 Å². The smallest absolute Gasteiger partial charge is 0.407 e. The maximum atomic E-state index is 12.3. The number of ether oxygens (including phenoxy) is 5. The number of carbonyl (C=O) groups excluding carboxylic acids is 2. The third-order valence-electron chi connectivity index (χ3n) is 5.11. The van der Waals surface area contributed by atoms with Gasteiger partial charge in [0.2, 0.25) is 7.59 Å². The Morgan fingerprint density at radius 3 is 2.10 bits per heavy atom. The first-order chi connectivity index (χ1) is 18.7. The molecule has 0 radical (unpaired) electrons. The zero-order chi connectivity index (χ0) is 29.9. The summed E-state index contributed by atoms with van der Waals surface area (Å²) in [5.41, 5.74) is 0.858. The molecule has 1 saturated heterocycles. The van der Waals surface area contributed by atoms with Gasteiger partial charge in [0, 0.05) is 0 Å². The van der Waals surface area contributed by atoms with E-state index in [-0.39, 0.29) is 19.8 Å². The van der Waals surface area contributed by atoms with Gasteiger partial charge in [-0.3, -0.25) is 0 Å². The van der Waals surface area contributed by atoms with Gasteiger partial charge in [-0.25, -0.2) is 9.59 Å². The molecule has 0 spiro atoms. The maximum absolute atomic E-state index is 12.3. The molecule has 12 nitrogen and oxygen atoms in total. The molecule has 1 fully saturated rings. The van der Waals surface area contributed by atoms with E-state index in [9.17, 15) is 24.9 Å². The highest BCUT2D eigenvalue weighted by Crippen LogP contribution is 2.27. The quantitative estimate of drug-likeness (QED) is 0.206. The second-order valence-corrected chi connectivity index (χ2v) is 13.5. The Balaban J connectivity index is 2.09. The fraction of sp³-hybridized carbons (Fsp3) is 0.636. The van der Waals surface area contributed by atoms with E-state index in [1.54, 1.807) is 0 Å². The fourth-order valence-electron chi connectivity index (χ4n) is 3.29. The van der Waals surface area contributed by atoms with Crippen molar-refractivity contribution >= 4 is 81.8 Å². The number of alkyl carbamates (subject to hydrolysis) is 2. The van der Waals surface area contributed by atoms with Gasteiger partial charge < -0.3 is 49.6 Å². The van der Waals surface area contributed by atoms with Crippen LogP contribution in [0.4, 0.5) is 9.59 Å². The highest BCUT2D eigenvalue weighted by Gasteiger charge is 2.46. The number of alkyl halides is 6. The molecule has 18 heteroatoms. The molecule has 2 rings (SSSR count). The maximum Gasteiger partial charge on any atom is 0.407 e. The van der Waals surface area contributed by atoms with Crippen molar-refractivity contribution in [1.29, 1.82) is 0 Å². The summed E-state index contributed by atoms with van der Waals surface area (Å²) in [6.45, 7) is -2.08. The Bertz CT molecular complexity index is 924. The highest BCUT2D eigenvalue weighted by molar-refractivity contribution is 6.68. The Kier molecular flexibility index (Phi) is 14.9. The summed E-state index contributed by atoms with van der Waals surface area (Å²) in [5.74, 6) is 0. The molecule has 0 aromatic heterocycles. The van der Waals surface area contributed by atoms with Crippen LogP contribution in [0, 0.1) is 0 Å². The lowest BCUT2D eigenvalue weighted by Gasteiger charge is -2.42. The molecule has 228 valence electrons. The van der Waals surface area contributed by atoms with Crippen LogP contribution in [0.3, 0.4) is 0 Å². The molecule has 1 heterocycles. The Labute approximate surface area is 259 Å². The van der Waals surface area contributed by atoms with Crippen molar-refractivity contribution < 1.29 is 48.6 Å². The van der Waals surface area contributed by atoms with Gasteiger partial charge in [0.1, 0.15) is 37.6 Å². The topological polar surface area (TPSA) is 165 Å². The van der Waals surface area contributed by atoms with Gasteiger partial charge in [-0.05, 0) is 5.56 Å². The summed E-state index contributed by atoms with van der Waals surface area (Å²) in [5, 5.41) is 35.2. The molecule has 1 aromatic rings. The van der Waals surface area contributed by atoms with Crippen LogP contribution in [0.2, 0.25) is 0 Å². The number of hydrogen-bond donors (Lipinski definition) is 5. The predicted molar refractivity (Wildman–Crippen MR) is 147 cm³/mol. The highest BCUT2D eigenvalue weighted by atomic mass is 35.6. The van der Waals surface area contributed by atoms with Gasteiger partial charge in [0.25, 0.3) is 0 Å². The third-order valence-corrected chi connectivity index (χ3v) is 5.77. The average molecular weight is 693 g/mol. The number of carbonyl (C=O) groups is 2. The molecule has 1 aliphatic heterocycles. The van der Waals surface area contributed by atoms with Crippen molar-refractivity contribution in [2.75, 3.05) is 33.0 Å². The minimum Gasteiger partial charge on any atom is -0.445 e. The van der Waals surface area contributed by atoms with Gasteiger partial charge >= 0.3 is 12.2 Å². The molecule has 0 saturated carbocycles. The molecule has 2 amide bonds. The van der Waals surface area contributed by atoms with Crippen LogP contribution < -0.4 is 10.6 Å². The lowest BCUT2D eigenvalue weighted by molar-refractivity contribution is -0.271. The van der Waals surface area contributed by atoms with Crippen LogP contribution in [-0.2, 0) is 30.3 Å². The zero-order valence-corrected chi connectivity index (χ0v) is 25.1. The van der Waals surface area contributed by atoms with E-state index in [0.29, 0.717) is 0 Å². The minimum absolute atomic E-state index is 0.0948. The first-order valence-electron chi connectivity index (χ1n) is 11.5. The van der Waals surface area contributed by atoms with Crippen LogP contribution >= 0.6 is 69.6 Å². The summed E-state index contributed by atoms with van der Waals surface area (Å²) < 4.78 is 22.9. The van der Waals surface area contributed by atoms with Crippen LogP contribution in [0.5, 0.6) is 0 Å². The number of nitrogens with one attached hydrogen (secondary N) is 2. The van der Waals surface area contributed by atoms with Gasteiger partial charge in [-0.1, -0.05) is 99.9 Å². The molecule has 0 aliphatic carbocycles. The van der Waals surface area contributed by atoms with Crippen molar-refractivity contribution in [3.63, 3.8) is 0 Å². The van der Waals surface area contributed by atoms with Crippen LogP contribution in [0.1, 0.15) is 5.56 Å². The van der Waals surface area contributed by atoms with Gasteiger partial charge in [0.15, 0.2) is 6.29 Å². The predicted octanol–water partition coefficient (Wildman–Crippen LogP) is 2.59. The first kappa shape index (κ1) is 35.5. The minimum atomic E-state index is -1.90. The largest absolute Gasteiger partial charge is 0.445 e. The summed E-state index contributed by atoms with van der Waals surface area (Å²) in [6.07, 6.45) is -8.09. The van der Waals surface area contributed by atoms with E-state index in [1.807, 2.05) is 30.3 Å². The van der Waals surface area contributed by atoms with Gasteiger partial charge in [-0.15, -0.1) is 0 Å². The molecule has 6 atom stereocenters. The van der Waals surface area contributed by atoms with E-state index >= 15 is 0 Å². The summed E-state index contributed by atoms with van der Waals surface area (Å²) in [7, 11) is 0. The summed E-state index contributed by atoms with van der Waals surface area (Å²) in [4.78, 5) is 24.5. The normalized spacial score (nSPS) is 24.2. The van der Waals surface area contributed by atoms with Crippen molar-refractivity contribution in [1.82, 2.24) is 10.6 Å². The third kappa shape index (κ3) is 13.5. The molecular formula is C22H28Cl6N2O10. The first-order valence-corrected chi connectivity index (χ1v) is 13.8. The van der Waals surface area contributed by atoms with Crippen molar-refractivity contribution in [3.8, 4) is 0 Å². The number of benzene rings is 1. The summed E-state index contributed by atoms with van der Waals surface area (Å²) >= 11 is 33.6. The molecule has 1 aliphatic rings. The molecule has 5 N–H and O–H groups in total. The van der Waals surface area contributed by atoms with E-state index in [0.717, 1.165) is 5.56 Å². The zero-order valence-electron chi connectivity index (χ0n) is 20.6. The second kappa shape index (κ2) is 16.8. The van der Waals surface area contributed by atoms with Crippen LogP contribution in [0.25, 0.3) is 0 Å². The SMILES string of the molecule is O=C(NC(COCc1ccccc1)CO[C@@H]1OC(CO)[C@H](O)[C@H](O)C1NC(=O)OCC(Cl)(Cl)Cl)OCC(Cl)(Cl)Cl. The number of hydrogen-bond acceptors (Lipinski definition) is 10. The number of amides is 2. The second-order valence-electron chi connectivity index (χ2n) is 8.43. The molecule has 1 aromatic carbocycles. The van der Waals surface area contributed by atoms with E-state index in [4.69, 9.17) is 93.3 Å². The van der Waals surface area contributed by atoms with Crippen molar-refractivity contribution in [2.24, 2.45) is 0 Å². The summed E-state index contributed by atoms with van der Waals surface area (Å²) in [6, 6.07) is 6.87. The number of halogens is 6. The lowest BCUT2D eigenvalue weighted by Crippen LogP contribution is -2.65. The average Bonchev–Trinajstić information content (AvgIpc) is 2.88. The Morgan fingerprint density at radius 2 is 1.52 bits per heavy atom. The fourth-order valence-corrected chi connectivity index (χ4v) is 3.62. The van der Waals surface area contributed by atoms with Gasteiger partial charge in [-0.2, -0.15) is 0 Å². The number of aliphatic hydroxyl groups is 3. The lowest BCUT2D eigenvalue weighted by atomic mass is 9.97. The Hall–Kier alpha value is -0.740. The molecule has 0 bridgehead atoms. The van der Waals surface area contributed by atoms with E-state index in [2.05, 4.69) is 10.6 Å². The van der Waals surface area contributed by atoms with E-state index in [1.165, 1.54) is 0 Å². The van der Waals surface area contributed by atoms with E-state index < -0.39 is 76.3 Å². The van der Waals surface area contributed by atoms with Crippen molar-refractivity contribution in [3.05, 3.63) is 35.9 Å².